The molecule has 2 amide bonds. The number of likely N-dealkylation sites (N-methyl/N-ethyl adjacent to an activating group) is 1. The molecule has 0 aromatic heterocycles. The molecule has 1 aromatic carbocycles. The van der Waals surface area contributed by atoms with Crippen LogP contribution in [0.2, 0.25) is 0 Å². The van der Waals surface area contributed by atoms with Crippen LogP contribution in [0.1, 0.15) is 0 Å². The average Bonchev–Trinajstić information content (AvgIpc) is 2.33. The topological polar surface area (TPSA) is 35.6 Å². The number of benzene rings is 1. The van der Waals surface area contributed by atoms with E-state index in [-0.39, 0.29) is 11.7 Å². The highest BCUT2D eigenvalue weighted by Crippen LogP contribution is 2.19. The van der Waals surface area contributed by atoms with Crippen molar-refractivity contribution in [3.05, 3.63) is 28.5 Å². The van der Waals surface area contributed by atoms with Crippen molar-refractivity contribution in [3.63, 3.8) is 0 Å². The van der Waals surface area contributed by atoms with E-state index in [2.05, 4.69) is 26.1 Å². The standard InChI is InChI=1S/C12H15BrFN3O/c1-16-4-6-17(7-5-16)12(18)15-11-3-2-9(13)8-10(11)14/h2-3,8H,4-7H2,1H3,(H,15,18). The van der Waals surface area contributed by atoms with E-state index in [1.807, 2.05) is 7.05 Å². The Morgan fingerprint density at radius 1 is 1.33 bits per heavy atom. The van der Waals surface area contributed by atoms with Crippen molar-refractivity contribution in [3.8, 4) is 0 Å². The molecule has 2 rings (SSSR count). The number of nitrogens with one attached hydrogen (secondary N) is 1. The minimum absolute atomic E-state index is 0.210. The number of rotatable bonds is 1. The van der Waals surface area contributed by atoms with Crippen LogP contribution in [-0.2, 0) is 0 Å². The van der Waals surface area contributed by atoms with Crippen molar-refractivity contribution in [2.45, 2.75) is 0 Å². The lowest BCUT2D eigenvalue weighted by Gasteiger charge is -2.32. The van der Waals surface area contributed by atoms with Crippen LogP contribution < -0.4 is 5.32 Å². The highest BCUT2D eigenvalue weighted by Gasteiger charge is 2.19. The third-order valence-electron chi connectivity index (χ3n) is 2.96. The van der Waals surface area contributed by atoms with Gasteiger partial charge in [0.1, 0.15) is 5.82 Å². The molecule has 1 fully saturated rings. The van der Waals surface area contributed by atoms with Crippen LogP contribution in [0.15, 0.2) is 22.7 Å². The van der Waals surface area contributed by atoms with E-state index in [1.54, 1.807) is 17.0 Å². The number of amides is 2. The zero-order valence-corrected chi connectivity index (χ0v) is 11.7. The molecule has 0 bridgehead atoms. The summed E-state index contributed by atoms with van der Waals surface area (Å²) in [5.74, 6) is -0.438. The van der Waals surface area contributed by atoms with Gasteiger partial charge in [0.15, 0.2) is 0 Å². The first-order valence-electron chi connectivity index (χ1n) is 5.76. The summed E-state index contributed by atoms with van der Waals surface area (Å²) in [5, 5.41) is 2.59. The summed E-state index contributed by atoms with van der Waals surface area (Å²) in [6.45, 7) is 3.02. The molecular formula is C12H15BrFN3O. The fraction of sp³-hybridized carbons (Fsp3) is 0.417. The number of hydrogen-bond donors (Lipinski definition) is 1. The van der Waals surface area contributed by atoms with Gasteiger partial charge in [-0.3, -0.25) is 0 Å². The Balaban J connectivity index is 1.98. The maximum Gasteiger partial charge on any atom is 0.322 e. The fourth-order valence-electron chi connectivity index (χ4n) is 1.79. The predicted molar refractivity (Wildman–Crippen MR) is 72.2 cm³/mol. The highest BCUT2D eigenvalue weighted by molar-refractivity contribution is 9.10. The first-order valence-corrected chi connectivity index (χ1v) is 6.55. The summed E-state index contributed by atoms with van der Waals surface area (Å²) >= 11 is 3.18. The molecule has 0 aliphatic carbocycles. The van der Waals surface area contributed by atoms with E-state index in [4.69, 9.17) is 0 Å². The third-order valence-corrected chi connectivity index (χ3v) is 3.46. The molecule has 0 saturated carbocycles. The van der Waals surface area contributed by atoms with E-state index in [1.165, 1.54) is 6.07 Å². The second kappa shape index (κ2) is 5.67. The van der Waals surface area contributed by atoms with Crippen LogP contribution in [0.4, 0.5) is 14.9 Å². The molecular weight excluding hydrogens is 301 g/mol. The van der Waals surface area contributed by atoms with Gasteiger partial charge in [-0.25, -0.2) is 9.18 Å². The second-order valence-electron chi connectivity index (χ2n) is 4.34. The molecule has 1 aliphatic heterocycles. The van der Waals surface area contributed by atoms with Crippen molar-refractivity contribution in [2.75, 3.05) is 38.5 Å². The largest absolute Gasteiger partial charge is 0.322 e. The summed E-state index contributed by atoms with van der Waals surface area (Å²) in [4.78, 5) is 15.8. The molecule has 0 unspecified atom stereocenters. The van der Waals surface area contributed by atoms with E-state index in [0.29, 0.717) is 17.6 Å². The zero-order chi connectivity index (χ0) is 13.1. The van der Waals surface area contributed by atoms with Crippen LogP contribution in [0, 0.1) is 5.82 Å². The zero-order valence-electron chi connectivity index (χ0n) is 10.1. The maximum atomic E-state index is 13.6. The predicted octanol–water partition coefficient (Wildman–Crippen LogP) is 2.37. The molecule has 1 saturated heterocycles. The quantitative estimate of drug-likeness (QED) is 0.863. The van der Waals surface area contributed by atoms with Gasteiger partial charge in [-0.05, 0) is 25.2 Å². The Morgan fingerprint density at radius 3 is 2.61 bits per heavy atom. The van der Waals surface area contributed by atoms with Gasteiger partial charge in [0.05, 0.1) is 5.69 Å². The average molecular weight is 316 g/mol. The van der Waals surface area contributed by atoms with E-state index < -0.39 is 5.82 Å². The van der Waals surface area contributed by atoms with Gasteiger partial charge in [0, 0.05) is 30.7 Å². The number of carbonyl (C=O) groups is 1. The van der Waals surface area contributed by atoms with E-state index in [0.717, 1.165) is 13.1 Å². The van der Waals surface area contributed by atoms with Gasteiger partial charge < -0.3 is 15.1 Å². The van der Waals surface area contributed by atoms with Gasteiger partial charge in [0.2, 0.25) is 0 Å². The first-order chi connectivity index (χ1) is 8.56. The Labute approximate surface area is 114 Å². The maximum absolute atomic E-state index is 13.6. The lowest BCUT2D eigenvalue weighted by molar-refractivity contribution is 0.164. The van der Waals surface area contributed by atoms with Crippen molar-refractivity contribution >= 4 is 27.6 Å². The Hall–Kier alpha value is -1.14. The molecule has 1 N–H and O–H groups in total. The van der Waals surface area contributed by atoms with Crippen LogP contribution in [0.3, 0.4) is 0 Å². The number of nitrogens with zero attached hydrogens (tertiary/aromatic N) is 2. The monoisotopic (exact) mass is 315 g/mol. The summed E-state index contributed by atoms with van der Waals surface area (Å²) in [6.07, 6.45) is 0. The molecule has 0 spiro atoms. The number of urea groups is 1. The lowest BCUT2D eigenvalue weighted by Crippen LogP contribution is -2.48. The first kappa shape index (κ1) is 13.3. The molecule has 6 heteroatoms. The summed E-state index contributed by atoms with van der Waals surface area (Å²) in [5.41, 5.74) is 0.210. The number of anilines is 1. The summed E-state index contributed by atoms with van der Waals surface area (Å²) in [6, 6.07) is 4.33. The lowest BCUT2D eigenvalue weighted by atomic mass is 10.3. The summed E-state index contributed by atoms with van der Waals surface area (Å²) < 4.78 is 14.2. The van der Waals surface area contributed by atoms with Gasteiger partial charge >= 0.3 is 6.03 Å². The molecule has 0 atom stereocenters. The Bertz CT molecular complexity index is 447. The van der Waals surface area contributed by atoms with Gasteiger partial charge in [-0.15, -0.1) is 0 Å². The van der Waals surface area contributed by atoms with Gasteiger partial charge in [-0.2, -0.15) is 0 Å². The highest BCUT2D eigenvalue weighted by atomic mass is 79.9. The number of hydrogen-bond acceptors (Lipinski definition) is 2. The van der Waals surface area contributed by atoms with Crippen molar-refractivity contribution in [1.29, 1.82) is 0 Å². The van der Waals surface area contributed by atoms with Crippen molar-refractivity contribution in [1.82, 2.24) is 9.80 Å². The molecule has 4 nitrogen and oxygen atoms in total. The Kier molecular flexibility index (Phi) is 4.19. The number of halogens is 2. The SMILES string of the molecule is CN1CCN(C(=O)Nc2ccc(Br)cc2F)CC1. The van der Waals surface area contributed by atoms with Crippen molar-refractivity contribution < 1.29 is 9.18 Å². The second-order valence-corrected chi connectivity index (χ2v) is 5.26. The normalized spacial score (nSPS) is 16.7. The van der Waals surface area contributed by atoms with Crippen molar-refractivity contribution in [2.24, 2.45) is 0 Å². The van der Waals surface area contributed by atoms with Crippen LogP contribution >= 0.6 is 15.9 Å². The van der Waals surface area contributed by atoms with Gasteiger partial charge in [0.25, 0.3) is 0 Å². The van der Waals surface area contributed by atoms with Crippen LogP contribution in [0.25, 0.3) is 0 Å². The van der Waals surface area contributed by atoms with Gasteiger partial charge in [-0.1, -0.05) is 15.9 Å². The minimum Gasteiger partial charge on any atom is -0.322 e. The third kappa shape index (κ3) is 3.20. The summed E-state index contributed by atoms with van der Waals surface area (Å²) in [7, 11) is 2.02. The molecule has 18 heavy (non-hydrogen) atoms. The molecule has 1 heterocycles. The van der Waals surface area contributed by atoms with Crippen LogP contribution in [0.5, 0.6) is 0 Å². The van der Waals surface area contributed by atoms with E-state index in [9.17, 15) is 9.18 Å². The molecule has 1 aliphatic rings. The van der Waals surface area contributed by atoms with Crippen LogP contribution in [-0.4, -0.2) is 49.1 Å². The molecule has 98 valence electrons. The Morgan fingerprint density at radius 2 is 2.00 bits per heavy atom. The molecule has 0 radical (unpaired) electrons. The number of piperazine rings is 1. The smallest absolute Gasteiger partial charge is 0.322 e. The minimum atomic E-state index is -0.438. The number of carbonyl (C=O) groups excluding carboxylic acids is 1. The molecule has 1 aromatic rings. The van der Waals surface area contributed by atoms with E-state index >= 15 is 0 Å². The fourth-order valence-corrected chi connectivity index (χ4v) is 2.13.